The van der Waals surface area contributed by atoms with Crippen molar-refractivity contribution in [2.45, 2.75) is 38.1 Å². The molecule has 3 fully saturated rings. The van der Waals surface area contributed by atoms with Gasteiger partial charge in [-0.15, -0.1) is 0 Å². The molecule has 0 N–H and O–H groups in total. The van der Waals surface area contributed by atoms with E-state index in [1.165, 1.54) is 45.2 Å². The van der Waals surface area contributed by atoms with E-state index in [0.29, 0.717) is 5.41 Å². The Labute approximate surface area is 132 Å². The summed E-state index contributed by atoms with van der Waals surface area (Å²) in [5.41, 5.74) is 0.545. The van der Waals surface area contributed by atoms with E-state index in [-0.39, 0.29) is 0 Å². The summed E-state index contributed by atoms with van der Waals surface area (Å²) in [5, 5.41) is 0. The van der Waals surface area contributed by atoms with E-state index in [9.17, 15) is 0 Å². The van der Waals surface area contributed by atoms with Gasteiger partial charge in [-0.2, -0.15) is 0 Å². The highest BCUT2D eigenvalue weighted by atomic mass is 16.5. The zero-order chi connectivity index (χ0) is 14.8. The fourth-order valence-corrected chi connectivity index (χ4v) is 4.38. The van der Waals surface area contributed by atoms with Crippen molar-refractivity contribution in [1.29, 1.82) is 0 Å². The van der Waals surface area contributed by atoms with E-state index in [1.54, 1.807) is 0 Å². The van der Waals surface area contributed by atoms with Crippen molar-refractivity contribution in [2.24, 2.45) is 5.41 Å². The molecule has 0 aromatic carbocycles. The number of rotatable bonds is 2. The Balaban J connectivity index is 1.35. The summed E-state index contributed by atoms with van der Waals surface area (Å²) in [7, 11) is 0. The van der Waals surface area contributed by atoms with Crippen LogP contribution >= 0.6 is 0 Å². The van der Waals surface area contributed by atoms with Crippen LogP contribution in [0.15, 0.2) is 18.5 Å². The molecule has 3 aliphatic rings. The highest BCUT2D eigenvalue weighted by molar-refractivity contribution is 5.29. The van der Waals surface area contributed by atoms with Crippen LogP contribution in [0.3, 0.4) is 0 Å². The lowest BCUT2D eigenvalue weighted by molar-refractivity contribution is 0.0370. The Bertz CT molecular complexity index is 481. The third kappa shape index (κ3) is 2.84. The lowest BCUT2D eigenvalue weighted by atomic mass is 9.78. The van der Waals surface area contributed by atoms with Crippen molar-refractivity contribution in [3.8, 4) is 0 Å². The second-order valence-corrected chi connectivity index (χ2v) is 7.10. The van der Waals surface area contributed by atoms with E-state index < -0.39 is 0 Å². The minimum Gasteiger partial charge on any atom is -0.381 e. The minimum atomic E-state index is 0.545. The standard InChI is InChI=1S/C17H26N4O/c1-7-18-16(19-8-1)20-9-4-17(5-10-20)6-11-21(14-17)15-2-12-22-13-3-15/h1,7-8,15H,2-6,9-14H2. The van der Waals surface area contributed by atoms with Crippen LogP contribution in [0.1, 0.15) is 32.1 Å². The van der Waals surface area contributed by atoms with Crippen molar-refractivity contribution in [3.05, 3.63) is 18.5 Å². The Hall–Kier alpha value is -1.20. The largest absolute Gasteiger partial charge is 0.381 e. The molecular weight excluding hydrogens is 276 g/mol. The summed E-state index contributed by atoms with van der Waals surface area (Å²) in [6.07, 6.45) is 10.1. The second-order valence-electron chi connectivity index (χ2n) is 7.10. The maximum absolute atomic E-state index is 5.51. The van der Waals surface area contributed by atoms with Crippen LogP contribution in [0.2, 0.25) is 0 Å². The van der Waals surface area contributed by atoms with E-state index in [0.717, 1.165) is 38.3 Å². The topological polar surface area (TPSA) is 41.5 Å². The average Bonchev–Trinajstić information content (AvgIpc) is 3.01. The first-order valence-corrected chi connectivity index (χ1v) is 8.69. The number of aromatic nitrogens is 2. The summed E-state index contributed by atoms with van der Waals surface area (Å²) in [6, 6.07) is 2.65. The van der Waals surface area contributed by atoms with Crippen LogP contribution in [0.25, 0.3) is 0 Å². The Morgan fingerprint density at radius 1 is 1.00 bits per heavy atom. The molecule has 0 atom stereocenters. The number of ether oxygens (including phenoxy) is 1. The number of likely N-dealkylation sites (tertiary alicyclic amines) is 1. The maximum atomic E-state index is 5.51. The Morgan fingerprint density at radius 2 is 1.68 bits per heavy atom. The molecule has 0 bridgehead atoms. The van der Waals surface area contributed by atoms with Gasteiger partial charge in [-0.3, -0.25) is 4.90 Å². The molecule has 0 amide bonds. The first kappa shape index (κ1) is 14.4. The smallest absolute Gasteiger partial charge is 0.225 e. The van der Waals surface area contributed by atoms with Gasteiger partial charge in [0.2, 0.25) is 5.95 Å². The summed E-state index contributed by atoms with van der Waals surface area (Å²) in [5.74, 6) is 0.900. The van der Waals surface area contributed by atoms with Crippen LogP contribution < -0.4 is 4.90 Å². The molecule has 22 heavy (non-hydrogen) atoms. The monoisotopic (exact) mass is 302 g/mol. The quantitative estimate of drug-likeness (QED) is 0.835. The first-order valence-electron chi connectivity index (χ1n) is 8.69. The van der Waals surface area contributed by atoms with Gasteiger partial charge in [-0.05, 0) is 50.1 Å². The lowest BCUT2D eigenvalue weighted by Gasteiger charge is -2.40. The third-order valence-electron chi connectivity index (χ3n) is 5.83. The Morgan fingerprint density at radius 3 is 2.41 bits per heavy atom. The maximum Gasteiger partial charge on any atom is 0.225 e. The van der Waals surface area contributed by atoms with Crippen molar-refractivity contribution in [3.63, 3.8) is 0 Å². The van der Waals surface area contributed by atoms with E-state index in [4.69, 9.17) is 4.74 Å². The normalized spacial score (nSPS) is 26.6. The fourth-order valence-electron chi connectivity index (χ4n) is 4.38. The second kappa shape index (κ2) is 6.13. The number of hydrogen-bond acceptors (Lipinski definition) is 5. The number of nitrogens with zero attached hydrogens (tertiary/aromatic N) is 4. The van der Waals surface area contributed by atoms with Gasteiger partial charge in [0.15, 0.2) is 0 Å². The highest BCUT2D eigenvalue weighted by Crippen LogP contribution is 2.42. The zero-order valence-corrected chi connectivity index (χ0v) is 13.3. The SMILES string of the molecule is c1cnc(N2CCC3(CC2)CCN(C2CCOCC2)C3)nc1. The summed E-state index contributed by atoms with van der Waals surface area (Å²) >= 11 is 0. The predicted molar refractivity (Wildman–Crippen MR) is 85.9 cm³/mol. The van der Waals surface area contributed by atoms with Crippen LogP contribution in [-0.4, -0.2) is 60.3 Å². The molecule has 0 radical (unpaired) electrons. The number of anilines is 1. The molecule has 1 aromatic heterocycles. The molecular formula is C17H26N4O. The molecule has 3 saturated heterocycles. The van der Waals surface area contributed by atoms with Crippen molar-refractivity contribution in [2.75, 3.05) is 44.3 Å². The van der Waals surface area contributed by atoms with Crippen molar-refractivity contribution >= 4 is 5.95 Å². The van der Waals surface area contributed by atoms with E-state index in [2.05, 4.69) is 19.8 Å². The zero-order valence-electron chi connectivity index (χ0n) is 13.3. The molecule has 5 heteroatoms. The molecule has 0 unspecified atom stereocenters. The third-order valence-corrected chi connectivity index (χ3v) is 5.83. The van der Waals surface area contributed by atoms with Crippen molar-refractivity contribution in [1.82, 2.24) is 14.9 Å². The van der Waals surface area contributed by atoms with Gasteiger partial charge in [0, 0.05) is 51.3 Å². The molecule has 120 valence electrons. The van der Waals surface area contributed by atoms with Gasteiger partial charge in [0.25, 0.3) is 0 Å². The van der Waals surface area contributed by atoms with Crippen LogP contribution in [0.4, 0.5) is 5.95 Å². The van der Waals surface area contributed by atoms with Gasteiger partial charge in [0.1, 0.15) is 0 Å². The van der Waals surface area contributed by atoms with Crippen LogP contribution in [0.5, 0.6) is 0 Å². The number of hydrogen-bond donors (Lipinski definition) is 0. The van der Waals surface area contributed by atoms with Crippen LogP contribution in [-0.2, 0) is 4.74 Å². The summed E-state index contributed by atoms with van der Waals surface area (Å²) in [6.45, 7) is 6.69. The van der Waals surface area contributed by atoms with Gasteiger partial charge in [0.05, 0.1) is 0 Å². The van der Waals surface area contributed by atoms with E-state index >= 15 is 0 Å². The van der Waals surface area contributed by atoms with Crippen molar-refractivity contribution < 1.29 is 4.74 Å². The fraction of sp³-hybridized carbons (Fsp3) is 0.765. The molecule has 1 aromatic rings. The van der Waals surface area contributed by atoms with Gasteiger partial charge in [-0.25, -0.2) is 9.97 Å². The molecule has 4 rings (SSSR count). The van der Waals surface area contributed by atoms with Gasteiger partial charge >= 0.3 is 0 Å². The predicted octanol–water partition coefficient (Wildman–Crippen LogP) is 1.95. The summed E-state index contributed by atoms with van der Waals surface area (Å²) in [4.78, 5) is 13.9. The minimum absolute atomic E-state index is 0.545. The summed E-state index contributed by atoms with van der Waals surface area (Å²) < 4.78 is 5.51. The molecule has 4 heterocycles. The molecule has 3 aliphatic heterocycles. The van der Waals surface area contributed by atoms with Gasteiger partial charge < -0.3 is 9.64 Å². The van der Waals surface area contributed by atoms with E-state index in [1.807, 2.05) is 18.5 Å². The van der Waals surface area contributed by atoms with Gasteiger partial charge in [-0.1, -0.05) is 0 Å². The average molecular weight is 302 g/mol. The lowest BCUT2D eigenvalue weighted by Crippen LogP contribution is -2.44. The molecule has 0 saturated carbocycles. The van der Waals surface area contributed by atoms with Crippen LogP contribution in [0, 0.1) is 5.41 Å². The molecule has 5 nitrogen and oxygen atoms in total. The highest BCUT2D eigenvalue weighted by Gasteiger charge is 2.42. The number of piperidine rings is 1. The Kier molecular flexibility index (Phi) is 4.01. The first-order chi connectivity index (χ1) is 10.8. The molecule has 0 aliphatic carbocycles. The molecule has 1 spiro atoms.